The third-order valence-electron chi connectivity index (χ3n) is 2.06. The number of carbonyl (C=O) groups is 1. The molecule has 1 atom stereocenters. The van der Waals surface area contributed by atoms with Crippen LogP contribution >= 0.6 is 0 Å². The van der Waals surface area contributed by atoms with E-state index in [0.717, 1.165) is 13.0 Å². The van der Waals surface area contributed by atoms with Crippen molar-refractivity contribution in [2.45, 2.75) is 18.9 Å². The van der Waals surface area contributed by atoms with Crippen molar-refractivity contribution in [2.24, 2.45) is 5.73 Å². The summed E-state index contributed by atoms with van der Waals surface area (Å²) in [6.07, 6.45) is 5.69. The number of likely N-dealkylation sites (N-methyl/N-ethyl adjacent to an activating group) is 1. The summed E-state index contributed by atoms with van der Waals surface area (Å²) in [6.45, 7) is 1.12. The highest BCUT2D eigenvalue weighted by Gasteiger charge is 2.17. The number of primary amides is 1. The second kappa shape index (κ2) is 3.53. The molecular weight excluding hydrogens is 140 g/mol. The van der Waals surface area contributed by atoms with Crippen molar-refractivity contribution >= 4 is 5.91 Å². The predicted octanol–water partition coefficient (Wildman–Crippen LogP) is 0.122. The molecule has 3 nitrogen and oxygen atoms in total. The maximum absolute atomic E-state index is 10.4. The van der Waals surface area contributed by atoms with Gasteiger partial charge in [0, 0.05) is 12.1 Å². The minimum absolute atomic E-state index is 0.356. The second-order valence-electron chi connectivity index (χ2n) is 2.95. The van der Waals surface area contributed by atoms with Crippen LogP contribution in [-0.4, -0.2) is 30.4 Å². The molecule has 0 radical (unpaired) electrons. The Kier molecular flexibility index (Phi) is 2.65. The first kappa shape index (κ1) is 8.27. The topological polar surface area (TPSA) is 46.3 Å². The highest BCUT2D eigenvalue weighted by atomic mass is 16.1. The van der Waals surface area contributed by atoms with Crippen LogP contribution in [0.3, 0.4) is 0 Å². The average molecular weight is 154 g/mol. The zero-order valence-corrected chi connectivity index (χ0v) is 6.79. The zero-order chi connectivity index (χ0) is 8.27. The molecule has 1 aliphatic heterocycles. The molecule has 1 fully saturated rings. The van der Waals surface area contributed by atoms with Crippen molar-refractivity contribution in [3.8, 4) is 0 Å². The van der Waals surface area contributed by atoms with Crippen molar-refractivity contribution in [2.75, 3.05) is 13.6 Å². The van der Waals surface area contributed by atoms with Gasteiger partial charge in [-0.2, -0.15) is 0 Å². The molecule has 0 aromatic heterocycles. The Morgan fingerprint density at radius 3 is 2.91 bits per heavy atom. The molecule has 0 aromatic rings. The molecule has 3 heteroatoms. The maximum Gasteiger partial charge on any atom is 0.241 e. The van der Waals surface area contributed by atoms with E-state index in [9.17, 15) is 4.79 Å². The molecule has 0 aliphatic carbocycles. The molecule has 1 unspecified atom stereocenters. The molecule has 11 heavy (non-hydrogen) atoms. The highest BCUT2D eigenvalue weighted by molar-refractivity contribution is 5.85. The number of rotatable bonds is 2. The number of nitrogens with zero attached hydrogens (tertiary/aromatic N) is 1. The lowest BCUT2D eigenvalue weighted by molar-refractivity contribution is -0.113. The Morgan fingerprint density at radius 2 is 2.45 bits per heavy atom. The molecule has 1 rings (SSSR count). The van der Waals surface area contributed by atoms with Crippen molar-refractivity contribution in [3.63, 3.8) is 0 Å². The number of likely N-dealkylation sites (tertiary alicyclic amines) is 1. The van der Waals surface area contributed by atoms with Crippen LogP contribution < -0.4 is 5.73 Å². The van der Waals surface area contributed by atoms with Crippen LogP contribution in [0.25, 0.3) is 0 Å². The van der Waals surface area contributed by atoms with Gasteiger partial charge in [0.15, 0.2) is 0 Å². The monoisotopic (exact) mass is 154 g/mol. The normalized spacial score (nSPS) is 26.5. The van der Waals surface area contributed by atoms with E-state index < -0.39 is 0 Å². The predicted molar refractivity (Wildman–Crippen MR) is 44.0 cm³/mol. The van der Waals surface area contributed by atoms with E-state index >= 15 is 0 Å². The van der Waals surface area contributed by atoms with Gasteiger partial charge in [0.25, 0.3) is 0 Å². The van der Waals surface area contributed by atoms with Gasteiger partial charge < -0.3 is 5.73 Å². The fourth-order valence-corrected chi connectivity index (χ4v) is 1.39. The third kappa shape index (κ3) is 2.35. The number of amides is 1. The van der Waals surface area contributed by atoms with Gasteiger partial charge in [-0.3, -0.25) is 9.69 Å². The molecule has 2 N–H and O–H groups in total. The summed E-state index contributed by atoms with van der Waals surface area (Å²) >= 11 is 0. The molecule has 0 spiro atoms. The number of carbonyl (C=O) groups excluding carboxylic acids is 1. The number of nitrogens with two attached hydrogens (primary N) is 1. The Bertz CT molecular complexity index is 177. The number of hydrogen-bond donors (Lipinski definition) is 1. The molecular formula is C8H14N2O. The summed E-state index contributed by atoms with van der Waals surface area (Å²) in [5, 5.41) is 0. The maximum atomic E-state index is 10.4. The highest BCUT2D eigenvalue weighted by Crippen LogP contribution is 2.15. The fraction of sp³-hybridized carbons (Fsp3) is 0.625. The minimum Gasteiger partial charge on any atom is -0.366 e. The largest absolute Gasteiger partial charge is 0.366 e. The van der Waals surface area contributed by atoms with Crippen molar-refractivity contribution in [1.29, 1.82) is 0 Å². The Hall–Kier alpha value is -0.830. The lowest BCUT2D eigenvalue weighted by atomic mass is 10.2. The molecule has 0 bridgehead atoms. The van der Waals surface area contributed by atoms with Gasteiger partial charge in [-0.05, 0) is 26.4 Å². The van der Waals surface area contributed by atoms with Crippen molar-refractivity contribution in [1.82, 2.24) is 4.90 Å². The zero-order valence-electron chi connectivity index (χ0n) is 6.79. The lowest BCUT2D eigenvalue weighted by Gasteiger charge is -2.14. The van der Waals surface area contributed by atoms with Gasteiger partial charge in [-0.1, -0.05) is 6.08 Å². The summed E-state index contributed by atoms with van der Waals surface area (Å²) in [5.74, 6) is -0.356. The Morgan fingerprint density at radius 1 is 1.73 bits per heavy atom. The van der Waals surface area contributed by atoms with Crippen LogP contribution in [0.15, 0.2) is 12.2 Å². The smallest absolute Gasteiger partial charge is 0.241 e. The van der Waals surface area contributed by atoms with E-state index in [1.165, 1.54) is 12.5 Å². The standard InChI is InChI=1S/C8H14N2O/c1-10-6-2-3-7(10)4-5-8(9)11/h4-5,7H,2-3,6H2,1H3,(H2,9,11)/b5-4+. The van der Waals surface area contributed by atoms with Crippen LogP contribution in [0.1, 0.15) is 12.8 Å². The quantitative estimate of drug-likeness (QED) is 0.574. The molecule has 62 valence electrons. The van der Waals surface area contributed by atoms with Crippen LogP contribution in [0.4, 0.5) is 0 Å². The lowest BCUT2D eigenvalue weighted by Crippen LogP contribution is -2.23. The summed E-state index contributed by atoms with van der Waals surface area (Å²) in [4.78, 5) is 12.6. The van der Waals surface area contributed by atoms with Gasteiger partial charge >= 0.3 is 0 Å². The summed E-state index contributed by atoms with van der Waals surface area (Å²) in [6, 6.07) is 0.419. The fourth-order valence-electron chi connectivity index (χ4n) is 1.39. The molecule has 1 amide bonds. The van der Waals surface area contributed by atoms with Crippen molar-refractivity contribution in [3.05, 3.63) is 12.2 Å². The Labute approximate surface area is 66.9 Å². The first-order chi connectivity index (χ1) is 5.20. The van der Waals surface area contributed by atoms with Gasteiger partial charge in [0.1, 0.15) is 0 Å². The molecule has 1 heterocycles. The van der Waals surface area contributed by atoms with E-state index in [2.05, 4.69) is 11.9 Å². The molecule has 1 aliphatic rings. The van der Waals surface area contributed by atoms with E-state index in [1.807, 2.05) is 6.08 Å². The average Bonchev–Trinajstić information content (AvgIpc) is 2.31. The summed E-state index contributed by atoms with van der Waals surface area (Å²) < 4.78 is 0. The summed E-state index contributed by atoms with van der Waals surface area (Å²) in [5.41, 5.74) is 4.97. The Balaban J connectivity index is 2.42. The summed E-state index contributed by atoms with van der Waals surface area (Å²) in [7, 11) is 2.06. The molecule has 0 aromatic carbocycles. The minimum atomic E-state index is -0.356. The van der Waals surface area contributed by atoms with Gasteiger partial charge in [0.05, 0.1) is 0 Å². The third-order valence-corrected chi connectivity index (χ3v) is 2.06. The van der Waals surface area contributed by atoms with E-state index in [0.29, 0.717) is 6.04 Å². The van der Waals surface area contributed by atoms with Gasteiger partial charge in [0.2, 0.25) is 5.91 Å². The van der Waals surface area contributed by atoms with E-state index in [4.69, 9.17) is 5.73 Å². The van der Waals surface area contributed by atoms with Crippen molar-refractivity contribution < 1.29 is 4.79 Å². The van der Waals surface area contributed by atoms with Crippen LogP contribution in [-0.2, 0) is 4.79 Å². The van der Waals surface area contributed by atoms with Crippen LogP contribution in [0.5, 0.6) is 0 Å². The van der Waals surface area contributed by atoms with Crippen LogP contribution in [0, 0.1) is 0 Å². The second-order valence-corrected chi connectivity index (χ2v) is 2.95. The van der Waals surface area contributed by atoms with Gasteiger partial charge in [-0.25, -0.2) is 0 Å². The van der Waals surface area contributed by atoms with Crippen LogP contribution in [0.2, 0.25) is 0 Å². The van der Waals surface area contributed by atoms with E-state index in [-0.39, 0.29) is 5.91 Å². The SMILES string of the molecule is CN1CCCC1/C=C/C(N)=O. The molecule has 1 saturated heterocycles. The first-order valence-corrected chi connectivity index (χ1v) is 3.88. The molecule has 0 saturated carbocycles. The first-order valence-electron chi connectivity index (χ1n) is 3.88. The van der Waals surface area contributed by atoms with Gasteiger partial charge in [-0.15, -0.1) is 0 Å². The number of hydrogen-bond acceptors (Lipinski definition) is 2. The van der Waals surface area contributed by atoms with E-state index in [1.54, 1.807) is 0 Å².